The summed E-state index contributed by atoms with van der Waals surface area (Å²) in [5, 5.41) is 12.1. The van der Waals surface area contributed by atoms with Gasteiger partial charge in [0.2, 0.25) is 11.0 Å². The molecule has 11 heteroatoms. The summed E-state index contributed by atoms with van der Waals surface area (Å²) < 4.78 is 2.35. The topological polar surface area (TPSA) is 89.8 Å². The fraction of sp³-hybridized carbons (Fsp3) is 0.500. The van der Waals surface area contributed by atoms with Gasteiger partial charge >= 0.3 is 0 Å². The van der Waals surface area contributed by atoms with Crippen molar-refractivity contribution < 1.29 is 4.79 Å². The molecule has 3 heterocycles. The first-order valence-corrected chi connectivity index (χ1v) is 11.3. The van der Waals surface area contributed by atoms with Crippen LogP contribution in [-0.4, -0.2) is 42.4 Å². The molecule has 0 aromatic carbocycles. The van der Waals surface area contributed by atoms with Crippen molar-refractivity contribution in [2.24, 2.45) is 7.05 Å². The highest BCUT2D eigenvalue weighted by Gasteiger charge is 2.25. The van der Waals surface area contributed by atoms with Crippen LogP contribution in [0.4, 0.5) is 5.13 Å². The van der Waals surface area contributed by atoms with E-state index in [0.29, 0.717) is 15.5 Å². The summed E-state index contributed by atoms with van der Waals surface area (Å²) in [7, 11) is 1.69. The van der Waals surface area contributed by atoms with Crippen LogP contribution >= 0.6 is 46.6 Å². The molecule has 0 fully saturated rings. The number of thioether (sulfide) groups is 3. The molecule has 1 N–H and O–H groups in total. The van der Waals surface area contributed by atoms with Crippen LogP contribution in [0.25, 0.3) is 0 Å². The van der Waals surface area contributed by atoms with Crippen molar-refractivity contribution in [1.29, 1.82) is 0 Å². The first-order chi connectivity index (χ1) is 12.0. The van der Waals surface area contributed by atoms with Crippen LogP contribution in [0.5, 0.6) is 0 Å². The van der Waals surface area contributed by atoms with E-state index in [-0.39, 0.29) is 17.2 Å². The Labute approximate surface area is 161 Å². The van der Waals surface area contributed by atoms with Gasteiger partial charge in [-0.15, -0.1) is 22.0 Å². The van der Waals surface area contributed by atoms with Crippen LogP contribution in [0.3, 0.4) is 0 Å². The minimum atomic E-state index is -0.188. The van der Waals surface area contributed by atoms with Gasteiger partial charge in [0.25, 0.3) is 5.56 Å². The van der Waals surface area contributed by atoms with E-state index in [1.807, 2.05) is 6.92 Å². The summed E-state index contributed by atoms with van der Waals surface area (Å²) in [5.41, 5.74) is 0.807. The maximum atomic E-state index is 12.4. The summed E-state index contributed by atoms with van der Waals surface area (Å²) >= 11 is 5.77. The maximum absolute atomic E-state index is 12.4. The van der Waals surface area contributed by atoms with Gasteiger partial charge in [0.1, 0.15) is 0 Å². The lowest BCUT2D eigenvalue weighted by Crippen LogP contribution is -2.23. The molecule has 7 nitrogen and oxygen atoms in total. The Morgan fingerprint density at radius 1 is 1.40 bits per heavy atom. The molecule has 25 heavy (non-hydrogen) atoms. The molecule has 0 spiro atoms. The van der Waals surface area contributed by atoms with Gasteiger partial charge in [0.05, 0.1) is 16.3 Å². The Morgan fingerprint density at radius 3 is 2.96 bits per heavy atom. The van der Waals surface area contributed by atoms with E-state index in [9.17, 15) is 9.59 Å². The normalized spacial score (nSPS) is 16.0. The lowest BCUT2D eigenvalue weighted by Gasteiger charge is -2.08. The molecule has 2 aromatic rings. The molecule has 2 aromatic heterocycles. The van der Waals surface area contributed by atoms with Crippen LogP contribution < -0.4 is 10.9 Å². The highest BCUT2D eigenvalue weighted by atomic mass is 32.2. The Balaban J connectivity index is 1.63. The SMILES string of the molecule is CCSc1nnc(NC(=O)CSc2nc3c(c(=O)n2C)S[C@H](C)C3)s1. The molecule has 0 saturated heterocycles. The minimum absolute atomic E-state index is 0.0346. The molecule has 0 saturated carbocycles. The fourth-order valence-corrected chi connectivity index (χ4v) is 5.83. The molecular weight excluding hydrogens is 398 g/mol. The number of fused-ring (bicyclic) bond motifs is 1. The van der Waals surface area contributed by atoms with Gasteiger partial charge in [0.15, 0.2) is 9.50 Å². The predicted octanol–water partition coefficient (Wildman–Crippen LogP) is 2.51. The zero-order valence-corrected chi connectivity index (χ0v) is 17.2. The Hall–Kier alpha value is -1.04. The predicted molar refractivity (Wildman–Crippen MR) is 104 cm³/mol. The number of hydrogen-bond acceptors (Lipinski definition) is 9. The van der Waals surface area contributed by atoms with Gasteiger partial charge < -0.3 is 0 Å². The first-order valence-electron chi connectivity index (χ1n) is 7.63. The van der Waals surface area contributed by atoms with Gasteiger partial charge in [-0.25, -0.2) is 4.98 Å². The molecule has 1 atom stereocenters. The van der Waals surface area contributed by atoms with E-state index in [2.05, 4.69) is 27.4 Å². The molecule has 0 aliphatic carbocycles. The first kappa shape index (κ1) is 18.7. The van der Waals surface area contributed by atoms with E-state index < -0.39 is 0 Å². The van der Waals surface area contributed by atoms with Crippen molar-refractivity contribution in [2.75, 3.05) is 16.8 Å². The number of carbonyl (C=O) groups excluding carboxylic acids is 1. The Bertz CT molecular complexity index is 850. The number of anilines is 1. The average molecular weight is 416 g/mol. The third kappa shape index (κ3) is 4.39. The number of nitrogens with one attached hydrogen (secondary N) is 1. The van der Waals surface area contributed by atoms with E-state index >= 15 is 0 Å². The molecule has 0 unspecified atom stereocenters. The summed E-state index contributed by atoms with van der Waals surface area (Å²) in [5.74, 6) is 0.886. The second kappa shape index (κ2) is 8.11. The summed E-state index contributed by atoms with van der Waals surface area (Å²) in [6, 6.07) is 0. The van der Waals surface area contributed by atoms with Crippen LogP contribution in [0.1, 0.15) is 19.5 Å². The van der Waals surface area contributed by atoms with Crippen molar-refractivity contribution in [1.82, 2.24) is 19.7 Å². The largest absolute Gasteiger partial charge is 0.300 e. The number of aromatic nitrogens is 4. The quantitative estimate of drug-likeness (QED) is 0.437. The molecule has 0 radical (unpaired) electrons. The number of hydrogen-bond donors (Lipinski definition) is 1. The van der Waals surface area contributed by atoms with Crippen molar-refractivity contribution in [3.8, 4) is 0 Å². The monoisotopic (exact) mass is 415 g/mol. The van der Waals surface area contributed by atoms with Crippen LogP contribution in [0, 0.1) is 0 Å². The Kier molecular flexibility index (Phi) is 6.08. The van der Waals surface area contributed by atoms with Gasteiger partial charge in [-0.3, -0.25) is 19.5 Å². The lowest BCUT2D eigenvalue weighted by molar-refractivity contribution is -0.113. The third-order valence-electron chi connectivity index (χ3n) is 3.33. The van der Waals surface area contributed by atoms with Crippen LogP contribution in [0.2, 0.25) is 0 Å². The van der Waals surface area contributed by atoms with Crippen LogP contribution in [-0.2, 0) is 18.3 Å². The standard InChI is InChI=1S/C14H17N5O2S4/c1-4-22-14-18-17-12(25-14)16-9(20)6-23-13-15-8-5-7(2)24-10(8)11(21)19(13)3/h7H,4-6H2,1-3H3,(H,16,17,20)/t7-/m1/s1. The van der Waals surface area contributed by atoms with Gasteiger partial charge in [-0.05, 0) is 5.75 Å². The number of amides is 1. The second-order valence-electron chi connectivity index (χ2n) is 5.31. The fourth-order valence-electron chi connectivity index (χ4n) is 2.23. The Morgan fingerprint density at radius 2 is 2.20 bits per heavy atom. The van der Waals surface area contributed by atoms with E-state index in [4.69, 9.17) is 0 Å². The summed E-state index contributed by atoms with van der Waals surface area (Å²) in [4.78, 5) is 29.8. The second-order valence-corrected chi connectivity index (χ2v) is 10.2. The van der Waals surface area contributed by atoms with Gasteiger partial charge in [-0.1, -0.05) is 48.7 Å². The lowest BCUT2D eigenvalue weighted by atomic mass is 10.2. The molecule has 1 aliphatic rings. The molecule has 3 rings (SSSR count). The van der Waals surface area contributed by atoms with E-state index in [1.165, 1.54) is 27.7 Å². The summed E-state index contributed by atoms with van der Waals surface area (Å²) in [6.07, 6.45) is 0.790. The molecular formula is C14H17N5O2S4. The smallest absolute Gasteiger partial charge is 0.267 e. The van der Waals surface area contributed by atoms with Crippen LogP contribution in [0.15, 0.2) is 19.2 Å². The van der Waals surface area contributed by atoms with Crippen molar-refractivity contribution >= 4 is 57.7 Å². The number of rotatable bonds is 6. The minimum Gasteiger partial charge on any atom is -0.300 e. The summed E-state index contributed by atoms with van der Waals surface area (Å²) in [6.45, 7) is 4.12. The van der Waals surface area contributed by atoms with Gasteiger partial charge in [-0.2, -0.15) is 0 Å². The maximum Gasteiger partial charge on any atom is 0.267 e. The van der Waals surface area contributed by atoms with Gasteiger partial charge in [0, 0.05) is 18.7 Å². The zero-order chi connectivity index (χ0) is 18.0. The highest BCUT2D eigenvalue weighted by molar-refractivity contribution is 8.01. The van der Waals surface area contributed by atoms with Crippen molar-refractivity contribution in [2.45, 2.75) is 39.9 Å². The zero-order valence-electron chi connectivity index (χ0n) is 13.9. The molecule has 1 aliphatic heterocycles. The van der Waals surface area contributed by atoms with Crippen molar-refractivity contribution in [3.05, 3.63) is 16.0 Å². The highest BCUT2D eigenvalue weighted by Crippen LogP contribution is 2.34. The van der Waals surface area contributed by atoms with E-state index in [1.54, 1.807) is 30.6 Å². The van der Waals surface area contributed by atoms with E-state index in [0.717, 1.165) is 27.1 Å². The molecule has 134 valence electrons. The number of carbonyl (C=O) groups is 1. The number of nitrogens with zero attached hydrogens (tertiary/aromatic N) is 4. The third-order valence-corrected chi connectivity index (χ3v) is 7.43. The van der Waals surface area contributed by atoms with Crippen molar-refractivity contribution in [3.63, 3.8) is 0 Å². The molecule has 0 bridgehead atoms. The molecule has 1 amide bonds. The average Bonchev–Trinajstić information content (AvgIpc) is 3.16.